The fourth-order valence-electron chi connectivity index (χ4n) is 3.70. The van der Waals surface area contributed by atoms with Gasteiger partial charge in [-0.25, -0.2) is 4.39 Å². The smallest absolute Gasteiger partial charge is 0.191 e. The first-order valence-electron chi connectivity index (χ1n) is 9.53. The third-order valence-corrected chi connectivity index (χ3v) is 5.83. The predicted octanol–water partition coefficient (Wildman–Crippen LogP) is 4.02. The van der Waals surface area contributed by atoms with Crippen molar-refractivity contribution in [1.29, 1.82) is 0 Å². The SMILES string of the molecule is CN=C(NCC1CCN(C2CC2)C1)NCC(C)(C)c1ccc(F)cc1Cl.I. The first kappa shape index (κ1) is 22.7. The second-order valence-electron chi connectivity index (χ2n) is 8.20. The van der Waals surface area contributed by atoms with Crippen LogP contribution in [0.15, 0.2) is 23.2 Å². The first-order chi connectivity index (χ1) is 12.4. The highest BCUT2D eigenvalue weighted by Gasteiger charge is 2.34. The summed E-state index contributed by atoms with van der Waals surface area (Å²) in [5.41, 5.74) is 0.692. The zero-order valence-corrected chi connectivity index (χ0v) is 19.5. The number of rotatable bonds is 6. The van der Waals surface area contributed by atoms with Gasteiger partial charge in [0.2, 0.25) is 0 Å². The quantitative estimate of drug-likeness (QED) is 0.346. The van der Waals surface area contributed by atoms with Crippen LogP contribution in [0, 0.1) is 11.7 Å². The summed E-state index contributed by atoms with van der Waals surface area (Å²) in [6.45, 7) is 8.23. The van der Waals surface area contributed by atoms with Crippen molar-refractivity contribution < 1.29 is 4.39 Å². The van der Waals surface area contributed by atoms with Crippen LogP contribution in [0.2, 0.25) is 5.02 Å². The maximum Gasteiger partial charge on any atom is 0.191 e. The van der Waals surface area contributed by atoms with Crippen LogP contribution in [0.5, 0.6) is 0 Å². The zero-order chi connectivity index (χ0) is 18.7. The third kappa shape index (κ3) is 6.19. The molecule has 1 aliphatic heterocycles. The Morgan fingerprint density at radius 2 is 2.04 bits per heavy atom. The molecule has 152 valence electrons. The van der Waals surface area contributed by atoms with Gasteiger partial charge in [-0.05, 0) is 49.4 Å². The lowest BCUT2D eigenvalue weighted by Gasteiger charge is -2.28. The van der Waals surface area contributed by atoms with E-state index in [0.717, 1.165) is 24.1 Å². The Bertz CT molecular complexity index is 663. The molecule has 2 fully saturated rings. The Morgan fingerprint density at radius 1 is 1.30 bits per heavy atom. The number of hydrogen-bond acceptors (Lipinski definition) is 2. The van der Waals surface area contributed by atoms with Crippen molar-refractivity contribution in [2.24, 2.45) is 10.9 Å². The monoisotopic (exact) mass is 508 g/mol. The minimum absolute atomic E-state index is 0. The molecule has 0 radical (unpaired) electrons. The summed E-state index contributed by atoms with van der Waals surface area (Å²) in [4.78, 5) is 6.96. The maximum absolute atomic E-state index is 13.3. The van der Waals surface area contributed by atoms with Gasteiger partial charge in [0.25, 0.3) is 0 Å². The molecule has 0 amide bonds. The molecule has 27 heavy (non-hydrogen) atoms. The number of aliphatic imine (C=N–C) groups is 1. The van der Waals surface area contributed by atoms with Crippen LogP contribution in [-0.2, 0) is 5.41 Å². The Morgan fingerprint density at radius 3 is 2.67 bits per heavy atom. The van der Waals surface area contributed by atoms with Gasteiger partial charge in [0.05, 0.1) is 0 Å². The highest BCUT2D eigenvalue weighted by molar-refractivity contribution is 14.0. The summed E-state index contributed by atoms with van der Waals surface area (Å²) in [5, 5.41) is 7.32. The van der Waals surface area contributed by atoms with Crippen molar-refractivity contribution in [2.45, 2.75) is 44.6 Å². The van der Waals surface area contributed by atoms with Gasteiger partial charge in [0, 0.05) is 43.2 Å². The van der Waals surface area contributed by atoms with Crippen LogP contribution in [0.1, 0.15) is 38.7 Å². The molecule has 1 aromatic carbocycles. The van der Waals surface area contributed by atoms with Gasteiger partial charge in [-0.15, -0.1) is 24.0 Å². The average molecular weight is 509 g/mol. The topological polar surface area (TPSA) is 39.7 Å². The molecule has 1 atom stereocenters. The highest BCUT2D eigenvalue weighted by Crippen LogP contribution is 2.31. The van der Waals surface area contributed by atoms with E-state index in [1.165, 1.54) is 44.5 Å². The number of nitrogens with one attached hydrogen (secondary N) is 2. The van der Waals surface area contributed by atoms with E-state index < -0.39 is 0 Å². The molecule has 1 aliphatic carbocycles. The van der Waals surface area contributed by atoms with Gasteiger partial charge >= 0.3 is 0 Å². The standard InChI is InChI=1S/C20H30ClFN4.HI/c1-20(2,17-7-4-15(22)10-18(17)21)13-25-19(23-3)24-11-14-8-9-26(12-14)16-5-6-16;/h4,7,10,14,16H,5-6,8-9,11-13H2,1-3H3,(H2,23,24,25);1H. The molecule has 0 aromatic heterocycles. The molecular weight excluding hydrogens is 478 g/mol. The van der Waals surface area contributed by atoms with Crippen LogP contribution in [-0.4, -0.2) is 50.1 Å². The van der Waals surface area contributed by atoms with Gasteiger partial charge in [0.1, 0.15) is 5.82 Å². The summed E-state index contributed by atoms with van der Waals surface area (Å²) in [5.74, 6) is 1.19. The molecule has 4 nitrogen and oxygen atoms in total. The van der Waals surface area contributed by atoms with Crippen LogP contribution in [0.4, 0.5) is 4.39 Å². The Balaban J connectivity index is 0.00000261. The largest absolute Gasteiger partial charge is 0.356 e. The Kier molecular flexibility index (Phi) is 8.19. The van der Waals surface area contributed by atoms with E-state index in [9.17, 15) is 4.39 Å². The molecule has 1 heterocycles. The second-order valence-corrected chi connectivity index (χ2v) is 8.60. The van der Waals surface area contributed by atoms with E-state index in [0.29, 0.717) is 17.5 Å². The minimum Gasteiger partial charge on any atom is -0.356 e. The Labute approximate surface area is 184 Å². The van der Waals surface area contributed by atoms with E-state index in [2.05, 4.69) is 34.4 Å². The summed E-state index contributed by atoms with van der Waals surface area (Å²) in [6, 6.07) is 5.46. The fraction of sp³-hybridized carbons (Fsp3) is 0.650. The highest BCUT2D eigenvalue weighted by atomic mass is 127. The first-order valence-corrected chi connectivity index (χ1v) is 9.91. The van der Waals surface area contributed by atoms with E-state index in [1.54, 1.807) is 13.1 Å². The van der Waals surface area contributed by atoms with Gasteiger partial charge in [0.15, 0.2) is 5.96 Å². The molecule has 1 saturated heterocycles. The van der Waals surface area contributed by atoms with E-state index in [4.69, 9.17) is 11.6 Å². The molecule has 1 aromatic rings. The fourth-order valence-corrected chi connectivity index (χ4v) is 4.12. The molecule has 2 N–H and O–H groups in total. The van der Waals surface area contributed by atoms with E-state index in [1.807, 2.05) is 0 Å². The number of guanidine groups is 1. The van der Waals surface area contributed by atoms with Crippen molar-refractivity contribution in [3.05, 3.63) is 34.6 Å². The van der Waals surface area contributed by atoms with Crippen molar-refractivity contribution in [3.63, 3.8) is 0 Å². The second kappa shape index (κ2) is 9.74. The number of likely N-dealkylation sites (tertiary alicyclic amines) is 1. The maximum atomic E-state index is 13.3. The van der Waals surface area contributed by atoms with Crippen LogP contribution < -0.4 is 10.6 Å². The lowest BCUT2D eigenvalue weighted by atomic mass is 9.84. The van der Waals surface area contributed by atoms with Gasteiger partial charge in [-0.3, -0.25) is 4.99 Å². The van der Waals surface area contributed by atoms with Crippen molar-refractivity contribution in [3.8, 4) is 0 Å². The zero-order valence-electron chi connectivity index (χ0n) is 16.4. The van der Waals surface area contributed by atoms with Crippen molar-refractivity contribution >= 4 is 41.5 Å². The number of benzene rings is 1. The van der Waals surface area contributed by atoms with Crippen molar-refractivity contribution in [2.75, 3.05) is 33.2 Å². The van der Waals surface area contributed by atoms with Crippen molar-refractivity contribution in [1.82, 2.24) is 15.5 Å². The molecule has 0 bridgehead atoms. The normalized spacial score (nSPS) is 21.1. The molecule has 3 rings (SSSR count). The van der Waals surface area contributed by atoms with Crippen LogP contribution in [0.3, 0.4) is 0 Å². The summed E-state index contributed by atoms with van der Waals surface area (Å²) >= 11 is 6.24. The van der Waals surface area contributed by atoms with Gasteiger partial charge in [-0.2, -0.15) is 0 Å². The molecule has 1 saturated carbocycles. The predicted molar refractivity (Wildman–Crippen MR) is 122 cm³/mol. The lowest BCUT2D eigenvalue weighted by Crippen LogP contribution is -2.45. The molecule has 2 aliphatic rings. The number of nitrogens with zero attached hydrogens (tertiary/aromatic N) is 2. The molecule has 1 unspecified atom stereocenters. The lowest BCUT2D eigenvalue weighted by molar-refractivity contribution is 0.314. The molecule has 0 spiro atoms. The third-order valence-electron chi connectivity index (χ3n) is 5.52. The van der Waals surface area contributed by atoms with Gasteiger partial charge < -0.3 is 15.5 Å². The van der Waals surface area contributed by atoms with Crippen LogP contribution >= 0.6 is 35.6 Å². The van der Waals surface area contributed by atoms with E-state index in [-0.39, 0.29) is 35.2 Å². The molecular formula is C20H31ClFIN4. The Hall–Kier alpha value is -0.600. The minimum atomic E-state index is -0.309. The van der Waals surface area contributed by atoms with Gasteiger partial charge in [-0.1, -0.05) is 31.5 Å². The number of halogens is 3. The van der Waals surface area contributed by atoms with Crippen LogP contribution in [0.25, 0.3) is 0 Å². The summed E-state index contributed by atoms with van der Waals surface area (Å²) in [7, 11) is 1.79. The number of hydrogen-bond donors (Lipinski definition) is 2. The molecule has 7 heteroatoms. The van der Waals surface area contributed by atoms with E-state index >= 15 is 0 Å². The average Bonchev–Trinajstić information content (AvgIpc) is 3.33. The summed E-state index contributed by atoms with van der Waals surface area (Å²) in [6.07, 6.45) is 4.02. The summed E-state index contributed by atoms with van der Waals surface area (Å²) < 4.78 is 13.3.